The van der Waals surface area contributed by atoms with Crippen LogP contribution in [0, 0.1) is 0 Å². The topological polar surface area (TPSA) is 49.9 Å². The van der Waals surface area contributed by atoms with Crippen LogP contribution in [-0.2, 0) is 20.9 Å². The molecule has 1 heterocycles. The van der Waals surface area contributed by atoms with E-state index in [1.807, 2.05) is 51.1 Å². The van der Waals surface area contributed by atoms with E-state index in [0.717, 1.165) is 5.56 Å². The van der Waals surface area contributed by atoms with Gasteiger partial charge in [0.15, 0.2) is 0 Å². The molecule has 2 amide bonds. The van der Waals surface area contributed by atoms with E-state index in [9.17, 15) is 9.59 Å². The molecule has 0 N–H and O–H groups in total. The Kier molecular flexibility index (Phi) is 5.55. The van der Waals surface area contributed by atoms with E-state index in [1.165, 1.54) is 0 Å². The molecule has 0 bridgehead atoms. The van der Waals surface area contributed by atoms with Crippen LogP contribution >= 0.6 is 0 Å². The average Bonchev–Trinajstić information content (AvgIpc) is 2.51. The highest BCUT2D eigenvalue weighted by atomic mass is 16.5. The van der Waals surface area contributed by atoms with Crippen LogP contribution in [-0.4, -0.2) is 53.5 Å². The van der Waals surface area contributed by atoms with E-state index in [0.29, 0.717) is 26.2 Å². The largest absolute Gasteiger partial charge is 0.372 e. The predicted octanol–water partition coefficient (Wildman–Crippen LogP) is 1.67. The Hall–Kier alpha value is -1.88. The van der Waals surface area contributed by atoms with Crippen LogP contribution in [0.15, 0.2) is 30.3 Å². The minimum Gasteiger partial charge on any atom is -0.372 e. The maximum absolute atomic E-state index is 12.5. The van der Waals surface area contributed by atoms with Crippen molar-refractivity contribution in [2.24, 2.45) is 0 Å². The van der Waals surface area contributed by atoms with E-state index in [-0.39, 0.29) is 12.2 Å². The summed E-state index contributed by atoms with van der Waals surface area (Å²) in [5, 5.41) is 0. The Morgan fingerprint density at radius 3 is 2.32 bits per heavy atom. The van der Waals surface area contributed by atoms with Gasteiger partial charge in [0.25, 0.3) is 0 Å². The molecule has 22 heavy (non-hydrogen) atoms. The zero-order valence-corrected chi connectivity index (χ0v) is 13.5. The van der Waals surface area contributed by atoms with Gasteiger partial charge in [-0.25, -0.2) is 0 Å². The third-order valence-electron chi connectivity index (χ3n) is 3.77. The quantitative estimate of drug-likeness (QED) is 0.798. The van der Waals surface area contributed by atoms with Gasteiger partial charge >= 0.3 is 11.8 Å². The summed E-state index contributed by atoms with van der Waals surface area (Å²) < 4.78 is 5.61. The van der Waals surface area contributed by atoms with Crippen molar-refractivity contribution in [2.75, 3.05) is 19.6 Å². The van der Waals surface area contributed by atoms with E-state index < -0.39 is 11.8 Å². The molecule has 0 radical (unpaired) electrons. The van der Waals surface area contributed by atoms with Gasteiger partial charge in [-0.1, -0.05) is 30.3 Å². The molecular weight excluding hydrogens is 280 g/mol. The first kappa shape index (κ1) is 16.5. The van der Waals surface area contributed by atoms with E-state index in [4.69, 9.17) is 4.74 Å². The fourth-order valence-corrected chi connectivity index (χ4v) is 2.75. The Labute approximate surface area is 131 Å². The number of hydrogen-bond donors (Lipinski definition) is 0. The molecule has 120 valence electrons. The van der Waals surface area contributed by atoms with E-state index in [2.05, 4.69) is 0 Å². The molecule has 5 nitrogen and oxygen atoms in total. The van der Waals surface area contributed by atoms with Crippen molar-refractivity contribution >= 4 is 11.8 Å². The van der Waals surface area contributed by atoms with Gasteiger partial charge in [0, 0.05) is 26.2 Å². The molecule has 2 atom stereocenters. The zero-order valence-electron chi connectivity index (χ0n) is 13.5. The van der Waals surface area contributed by atoms with Gasteiger partial charge in [0.2, 0.25) is 0 Å². The van der Waals surface area contributed by atoms with Crippen LogP contribution in [0.1, 0.15) is 26.3 Å². The lowest BCUT2D eigenvalue weighted by molar-refractivity contribution is -0.158. The molecular formula is C17H24N2O3. The molecule has 1 aliphatic heterocycles. The fraction of sp³-hybridized carbons (Fsp3) is 0.529. The van der Waals surface area contributed by atoms with Crippen molar-refractivity contribution in [3.05, 3.63) is 35.9 Å². The number of likely N-dealkylation sites (N-methyl/N-ethyl adjacent to an activating group) is 1. The molecule has 1 fully saturated rings. The number of rotatable bonds is 3. The second kappa shape index (κ2) is 7.40. The van der Waals surface area contributed by atoms with Crippen molar-refractivity contribution in [1.82, 2.24) is 9.80 Å². The van der Waals surface area contributed by atoms with Gasteiger partial charge < -0.3 is 14.5 Å². The molecule has 5 heteroatoms. The standard InChI is InChI=1S/C17H24N2O3/c1-4-18(12-15-8-6-5-7-9-15)16(20)17(21)19-10-13(2)22-14(3)11-19/h5-9,13-14H,4,10-12H2,1-3H3. The SMILES string of the molecule is CCN(Cc1ccccc1)C(=O)C(=O)N1CC(C)OC(C)C1. The second-order valence-corrected chi connectivity index (χ2v) is 5.77. The molecule has 1 saturated heterocycles. The first-order valence-corrected chi connectivity index (χ1v) is 7.78. The highest BCUT2D eigenvalue weighted by Gasteiger charge is 2.31. The molecule has 1 aromatic rings. The average molecular weight is 304 g/mol. The Morgan fingerprint density at radius 2 is 1.77 bits per heavy atom. The summed E-state index contributed by atoms with van der Waals surface area (Å²) in [5.74, 6) is -0.868. The van der Waals surface area contributed by atoms with Gasteiger partial charge in [-0.05, 0) is 26.3 Å². The number of morpholine rings is 1. The van der Waals surface area contributed by atoms with Gasteiger partial charge in [0.1, 0.15) is 0 Å². The molecule has 2 unspecified atom stereocenters. The van der Waals surface area contributed by atoms with Crippen molar-refractivity contribution in [3.8, 4) is 0 Å². The van der Waals surface area contributed by atoms with Crippen LogP contribution < -0.4 is 0 Å². The second-order valence-electron chi connectivity index (χ2n) is 5.77. The normalized spacial score (nSPS) is 21.5. The minimum atomic E-state index is -0.437. The molecule has 2 rings (SSSR count). The summed E-state index contributed by atoms with van der Waals surface area (Å²) >= 11 is 0. The lowest BCUT2D eigenvalue weighted by Gasteiger charge is -2.35. The minimum absolute atomic E-state index is 0.0373. The number of benzene rings is 1. The summed E-state index contributed by atoms with van der Waals surface area (Å²) in [7, 11) is 0. The van der Waals surface area contributed by atoms with Crippen molar-refractivity contribution in [1.29, 1.82) is 0 Å². The Balaban J connectivity index is 2.02. The van der Waals surface area contributed by atoms with E-state index in [1.54, 1.807) is 9.80 Å². The predicted molar refractivity (Wildman–Crippen MR) is 84.1 cm³/mol. The smallest absolute Gasteiger partial charge is 0.312 e. The number of carbonyl (C=O) groups excluding carboxylic acids is 2. The summed E-state index contributed by atoms with van der Waals surface area (Å²) in [4.78, 5) is 28.1. The lowest BCUT2D eigenvalue weighted by atomic mass is 10.2. The van der Waals surface area contributed by atoms with E-state index >= 15 is 0 Å². The highest BCUT2D eigenvalue weighted by Crippen LogP contribution is 2.12. The summed E-state index contributed by atoms with van der Waals surface area (Å²) in [5.41, 5.74) is 1.02. The third kappa shape index (κ3) is 4.07. The summed E-state index contributed by atoms with van der Waals surface area (Å²) in [6.07, 6.45) is -0.0746. The zero-order chi connectivity index (χ0) is 16.1. The van der Waals surface area contributed by atoms with Crippen LogP contribution in [0.4, 0.5) is 0 Å². The van der Waals surface area contributed by atoms with Gasteiger partial charge in [-0.15, -0.1) is 0 Å². The molecule has 0 aromatic heterocycles. The first-order valence-electron chi connectivity index (χ1n) is 7.78. The van der Waals surface area contributed by atoms with Crippen molar-refractivity contribution in [3.63, 3.8) is 0 Å². The number of hydrogen-bond acceptors (Lipinski definition) is 3. The molecule has 0 saturated carbocycles. The van der Waals surface area contributed by atoms with Gasteiger partial charge in [-0.2, -0.15) is 0 Å². The lowest BCUT2D eigenvalue weighted by Crippen LogP contribution is -2.53. The molecule has 0 aliphatic carbocycles. The van der Waals surface area contributed by atoms with Crippen molar-refractivity contribution in [2.45, 2.75) is 39.5 Å². The number of carbonyl (C=O) groups is 2. The summed E-state index contributed by atoms with van der Waals surface area (Å²) in [6, 6.07) is 9.71. The number of ether oxygens (including phenoxy) is 1. The molecule has 1 aromatic carbocycles. The molecule has 1 aliphatic rings. The van der Waals surface area contributed by atoms with Crippen LogP contribution in [0.3, 0.4) is 0 Å². The highest BCUT2D eigenvalue weighted by molar-refractivity contribution is 6.34. The van der Waals surface area contributed by atoms with Crippen LogP contribution in [0.5, 0.6) is 0 Å². The Morgan fingerprint density at radius 1 is 1.18 bits per heavy atom. The fourth-order valence-electron chi connectivity index (χ4n) is 2.75. The van der Waals surface area contributed by atoms with Gasteiger partial charge in [-0.3, -0.25) is 9.59 Å². The van der Waals surface area contributed by atoms with Crippen LogP contribution in [0.2, 0.25) is 0 Å². The summed E-state index contributed by atoms with van der Waals surface area (Å²) in [6.45, 7) is 7.63. The Bertz CT molecular complexity index is 508. The molecule has 0 spiro atoms. The van der Waals surface area contributed by atoms with Gasteiger partial charge in [0.05, 0.1) is 12.2 Å². The monoisotopic (exact) mass is 304 g/mol. The number of nitrogens with zero attached hydrogens (tertiary/aromatic N) is 2. The van der Waals surface area contributed by atoms with Crippen LogP contribution in [0.25, 0.3) is 0 Å². The third-order valence-corrected chi connectivity index (χ3v) is 3.77. The first-order chi connectivity index (χ1) is 10.5. The maximum Gasteiger partial charge on any atom is 0.312 e. The maximum atomic E-state index is 12.5. The number of amides is 2. The van der Waals surface area contributed by atoms with Crippen molar-refractivity contribution < 1.29 is 14.3 Å².